The highest BCUT2D eigenvalue weighted by atomic mass is 32.2. The number of imidazole rings is 1. The summed E-state index contributed by atoms with van der Waals surface area (Å²) in [5.41, 5.74) is 13.0. The average Bonchev–Trinajstić information content (AvgIpc) is 3.21. The van der Waals surface area contributed by atoms with Crippen LogP contribution in [-0.4, -0.2) is 70.0 Å². The molecule has 7 N–H and O–H groups in total. The van der Waals surface area contributed by atoms with Crippen molar-refractivity contribution in [3.63, 3.8) is 0 Å². The number of nitrogens with two attached hydrogens (primary N) is 2. The largest absolute Gasteiger partial charge is 0.397 e. The van der Waals surface area contributed by atoms with Gasteiger partial charge in [-0.2, -0.15) is 8.42 Å². The normalized spacial score (nSPS) is 32.1. The number of nitrogen functional groups attached to an aromatic ring is 1. The number of nitrogens with one attached hydrogen (secondary N) is 1. The summed E-state index contributed by atoms with van der Waals surface area (Å²) in [6, 6.07) is 0.551. The van der Waals surface area contributed by atoms with Gasteiger partial charge in [0.1, 0.15) is 29.7 Å². The molecule has 0 saturated carbocycles. The fourth-order valence-electron chi connectivity index (χ4n) is 3.74. The lowest BCUT2D eigenvalue weighted by Gasteiger charge is -2.19. The summed E-state index contributed by atoms with van der Waals surface area (Å²) in [6.07, 6.45) is -1.95. The first-order valence-electron chi connectivity index (χ1n) is 9.77. The molecule has 2 aliphatic rings. The van der Waals surface area contributed by atoms with Crippen molar-refractivity contribution in [3.05, 3.63) is 18.1 Å². The maximum Gasteiger partial charge on any atom is 0.362 e. The molecular formula is C17H24N6O7S. The first kappa shape index (κ1) is 21.9. The van der Waals surface area contributed by atoms with Crippen LogP contribution in [0.1, 0.15) is 31.3 Å². The minimum Gasteiger partial charge on any atom is -0.397 e. The van der Waals surface area contributed by atoms with E-state index in [1.807, 2.05) is 0 Å². The average molecular weight is 456 g/mol. The van der Waals surface area contributed by atoms with Gasteiger partial charge in [0, 0.05) is 12.6 Å². The van der Waals surface area contributed by atoms with Crippen LogP contribution < -0.4 is 16.2 Å². The molecule has 1 amide bonds. The molecule has 2 aromatic heterocycles. The van der Waals surface area contributed by atoms with Crippen molar-refractivity contribution >= 4 is 33.1 Å². The standard InChI is InChI=1S/C17H24N6O7S/c18-8-5-6-20-15-12(8)21-11-4-2-1-3-9(19)16(26)22-31(27,28)29-7-10-13(24)14(25)17(30-10)23(11)15/h5-6,9-10,13-14,17,24-25H,1-4,7,19H2,(H2,18,20)(H,22,26)/t9-,10-,13-,14-,17-/m1/s1. The molecule has 2 aliphatic heterocycles. The Kier molecular flexibility index (Phi) is 5.85. The van der Waals surface area contributed by atoms with E-state index in [-0.39, 0.29) is 6.42 Å². The van der Waals surface area contributed by atoms with E-state index in [0.717, 1.165) is 0 Å². The number of aliphatic hydroxyl groups is 2. The zero-order valence-electron chi connectivity index (χ0n) is 16.4. The van der Waals surface area contributed by atoms with Gasteiger partial charge >= 0.3 is 10.3 Å². The van der Waals surface area contributed by atoms with Crippen LogP contribution in [0.25, 0.3) is 11.2 Å². The molecule has 4 rings (SSSR count). The predicted octanol–water partition coefficient (Wildman–Crippen LogP) is -1.94. The Morgan fingerprint density at radius 3 is 2.81 bits per heavy atom. The number of aliphatic hydroxyl groups excluding tert-OH is 2. The van der Waals surface area contributed by atoms with E-state index in [1.165, 1.54) is 6.20 Å². The molecule has 31 heavy (non-hydrogen) atoms. The Labute approximate surface area is 177 Å². The van der Waals surface area contributed by atoms with Crippen molar-refractivity contribution in [1.82, 2.24) is 19.3 Å². The van der Waals surface area contributed by atoms with Crippen molar-refractivity contribution in [1.29, 1.82) is 0 Å². The Hall–Kier alpha value is -2.36. The molecule has 0 unspecified atom stereocenters. The Balaban J connectivity index is 1.74. The van der Waals surface area contributed by atoms with E-state index in [4.69, 9.17) is 20.4 Å². The van der Waals surface area contributed by atoms with Crippen LogP contribution in [0.2, 0.25) is 0 Å². The van der Waals surface area contributed by atoms with Crippen LogP contribution in [0.4, 0.5) is 5.69 Å². The van der Waals surface area contributed by atoms with Gasteiger partial charge in [-0.25, -0.2) is 14.7 Å². The zero-order valence-corrected chi connectivity index (χ0v) is 17.2. The summed E-state index contributed by atoms with van der Waals surface area (Å²) in [5.74, 6) is -0.386. The topological polar surface area (TPSA) is 205 Å². The first-order valence-corrected chi connectivity index (χ1v) is 11.2. The molecule has 0 aliphatic carbocycles. The maximum atomic E-state index is 12.0. The van der Waals surface area contributed by atoms with Gasteiger partial charge in [-0.05, 0) is 18.9 Å². The molecule has 0 spiro atoms. The van der Waals surface area contributed by atoms with Crippen LogP contribution in [0.3, 0.4) is 0 Å². The van der Waals surface area contributed by atoms with Crippen molar-refractivity contribution in [2.45, 2.75) is 56.3 Å². The third kappa shape index (κ3) is 4.22. The Bertz CT molecular complexity index is 1090. The third-order valence-corrected chi connectivity index (χ3v) is 6.29. The lowest BCUT2D eigenvalue weighted by atomic mass is 10.1. The number of nitrogens with zero attached hydrogens (tertiary/aromatic N) is 3. The van der Waals surface area contributed by atoms with Crippen LogP contribution in [0, 0.1) is 0 Å². The van der Waals surface area contributed by atoms with Crippen molar-refractivity contribution < 1.29 is 32.3 Å². The minimum absolute atomic E-state index is 0.242. The van der Waals surface area contributed by atoms with Gasteiger partial charge in [-0.15, -0.1) is 0 Å². The van der Waals surface area contributed by atoms with E-state index in [2.05, 4.69) is 9.97 Å². The lowest BCUT2D eigenvalue weighted by molar-refractivity contribution is -0.120. The number of aromatic nitrogens is 3. The van der Waals surface area contributed by atoms with Gasteiger partial charge in [0.2, 0.25) is 0 Å². The van der Waals surface area contributed by atoms with Gasteiger partial charge in [0.25, 0.3) is 5.91 Å². The second kappa shape index (κ2) is 8.29. The summed E-state index contributed by atoms with van der Waals surface area (Å²) in [5, 5.41) is 21.0. The van der Waals surface area contributed by atoms with Crippen molar-refractivity contribution in [2.24, 2.45) is 5.73 Å². The van der Waals surface area contributed by atoms with Crippen LogP contribution in [0.15, 0.2) is 12.3 Å². The molecule has 14 heteroatoms. The van der Waals surface area contributed by atoms with E-state index in [0.29, 0.717) is 41.9 Å². The van der Waals surface area contributed by atoms with E-state index >= 15 is 0 Å². The van der Waals surface area contributed by atoms with Crippen molar-refractivity contribution in [2.75, 3.05) is 12.3 Å². The number of fused-ring (bicyclic) bond motifs is 6. The summed E-state index contributed by atoms with van der Waals surface area (Å²) in [4.78, 5) is 20.9. The highest BCUT2D eigenvalue weighted by Gasteiger charge is 2.46. The number of anilines is 1. The number of hydrogen-bond donors (Lipinski definition) is 5. The number of carbonyl (C=O) groups is 1. The summed E-state index contributed by atoms with van der Waals surface area (Å²) < 4.78 is 37.9. The lowest BCUT2D eigenvalue weighted by Crippen LogP contribution is -2.45. The van der Waals surface area contributed by atoms with Gasteiger partial charge in [-0.1, -0.05) is 6.42 Å². The SMILES string of the molecule is Nc1ccnc2c1nc1n2[C@@H]2O[C@H](COS(=O)(=O)NC(=O)[C@H](N)CCCC1)[C@@H](O)[C@H]2O. The number of rotatable bonds is 0. The number of ether oxygens (including phenoxy) is 1. The fraction of sp³-hybridized carbons (Fsp3) is 0.588. The summed E-state index contributed by atoms with van der Waals surface area (Å²) in [6.45, 7) is -0.635. The van der Waals surface area contributed by atoms with Crippen molar-refractivity contribution in [3.8, 4) is 0 Å². The second-order valence-electron chi connectivity index (χ2n) is 7.57. The fourth-order valence-corrected chi connectivity index (χ4v) is 4.51. The molecule has 2 bridgehead atoms. The molecule has 5 atom stereocenters. The molecule has 1 fully saturated rings. The molecule has 0 radical (unpaired) electrons. The van der Waals surface area contributed by atoms with Crippen LogP contribution in [-0.2, 0) is 30.4 Å². The Morgan fingerprint density at radius 1 is 1.26 bits per heavy atom. The second-order valence-corrected chi connectivity index (χ2v) is 8.92. The molecule has 170 valence electrons. The third-order valence-electron chi connectivity index (χ3n) is 5.39. The van der Waals surface area contributed by atoms with E-state index in [9.17, 15) is 23.4 Å². The molecule has 0 aromatic carbocycles. The maximum absolute atomic E-state index is 12.0. The number of amides is 1. The predicted molar refractivity (Wildman–Crippen MR) is 106 cm³/mol. The smallest absolute Gasteiger partial charge is 0.362 e. The summed E-state index contributed by atoms with van der Waals surface area (Å²) >= 11 is 0. The van der Waals surface area contributed by atoms with Crippen LogP contribution in [0.5, 0.6) is 0 Å². The van der Waals surface area contributed by atoms with Gasteiger partial charge in [0.15, 0.2) is 11.9 Å². The highest BCUT2D eigenvalue weighted by molar-refractivity contribution is 7.85. The molecule has 2 aromatic rings. The van der Waals surface area contributed by atoms with E-state index < -0.39 is 53.4 Å². The van der Waals surface area contributed by atoms with Gasteiger partial charge < -0.3 is 26.4 Å². The zero-order chi connectivity index (χ0) is 22.3. The highest BCUT2D eigenvalue weighted by Crippen LogP contribution is 2.34. The number of pyridine rings is 1. The Morgan fingerprint density at radius 2 is 2.03 bits per heavy atom. The summed E-state index contributed by atoms with van der Waals surface area (Å²) in [7, 11) is -4.48. The molecule has 4 heterocycles. The van der Waals surface area contributed by atoms with E-state index in [1.54, 1.807) is 15.4 Å². The quantitative estimate of drug-likeness (QED) is 0.295. The van der Waals surface area contributed by atoms with Gasteiger partial charge in [-0.3, -0.25) is 13.5 Å². The monoisotopic (exact) mass is 456 g/mol. The van der Waals surface area contributed by atoms with Crippen LogP contribution >= 0.6 is 0 Å². The number of hydrogen-bond acceptors (Lipinski definition) is 11. The molecular weight excluding hydrogens is 432 g/mol. The first-order chi connectivity index (χ1) is 14.7. The van der Waals surface area contributed by atoms with Gasteiger partial charge in [0.05, 0.1) is 18.3 Å². The number of carbonyl (C=O) groups excluding carboxylic acids is 1. The molecule has 13 nitrogen and oxygen atoms in total. The number of aryl methyl sites for hydroxylation is 1. The molecule has 1 saturated heterocycles. The minimum atomic E-state index is -4.48.